The number of unbranched alkanes of at least 4 members (excludes halogenated alkanes) is 17. The van der Waals surface area contributed by atoms with Crippen molar-refractivity contribution in [3.05, 3.63) is 0 Å². The van der Waals surface area contributed by atoms with Crippen LogP contribution in [0.3, 0.4) is 0 Å². The van der Waals surface area contributed by atoms with Crippen LogP contribution in [-0.2, 0) is 19.1 Å². The highest BCUT2D eigenvalue weighted by Crippen LogP contribution is 2.16. The van der Waals surface area contributed by atoms with Crippen LogP contribution in [0.25, 0.3) is 0 Å². The van der Waals surface area contributed by atoms with Crippen molar-refractivity contribution in [3.63, 3.8) is 0 Å². The Labute approximate surface area is 248 Å². The summed E-state index contributed by atoms with van der Waals surface area (Å²) in [5.41, 5.74) is 0. The third-order valence-corrected chi connectivity index (χ3v) is 8.12. The first-order valence-electron chi connectivity index (χ1n) is 17.3. The summed E-state index contributed by atoms with van der Waals surface area (Å²) in [6.07, 6.45) is 27.3. The van der Waals surface area contributed by atoms with Gasteiger partial charge in [-0.05, 0) is 24.7 Å². The van der Waals surface area contributed by atoms with Crippen molar-refractivity contribution < 1.29 is 24.2 Å². The van der Waals surface area contributed by atoms with Gasteiger partial charge in [0.25, 0.3) is 0 Å². The lowest BCUT2D eigenvalue weighted by molar-refractivity contribution is -0.161. The fraction of sp³-hybridized carbons (Fsp3) is 0.943. The number of aliphatic hydroxyl groups is 1. The maximum absolute atomic E-state index is 12.1. The summed E-state index contributed by atoms with van der Waals surface area (Å²) in [4.78, 5) is 24.1. The average molecular weight is 569 g/mol. The van der Waals surface area contributed by atoms with Gasteiger partial charge in [-0.25, -0.2) is 0 Å². The summed E-state index contributed by atoms with van der Waals surface area (Å²) >= 11 is 0. The second kappa shape index (κ2) is 29.4. The first-order valence-corrected chi connectivity index (χ1v) is 17.3. The Morgan fingerprint density at radius 1 is 0.575 bits per heavy atom. The molecule has 0 aromatic rings. The molecule has 0 amide bonds. The Balaban J connectivity index is 3.54. The zero-order valence-corrected chi connectivity index (χ0v) is 27.2. The van der Waals surface area contributed by atoms with E-state index in [1.165, 1.54) is 103 Å². The van der Waals surface area contributed by atoms with E-state index in [0.29, 0.717) is 12.8 Å². The zero-order valence-electron chi connectivity index (χ0n) is 27.2. The third-order valence-electron chi connectivity index (χ3n) is 8.12. The van der Waals surface area contributed by atoms with E-state index in [1.807, 2.05) is 0 Å². The Bertz CT molecular complexity index is 562. The molecule has 0 radical (unpaired) electrons. The molecule has 0 bridgehead atoms. The number of hydrogen-bond acceptors (Lipinski definition) is 5. The van der Waals surface area contributed by atoms with Crippen LogP contribution in [0.4, 0.5) is 0 Å². The Morgan fingerprint density at radius 2 is 0.975 bits per heavy atom. The van der Waals surface area contributed by atoms with Gasteiger partial charge in [-0.3, -0.25) is 9.59 Å². The van der Waals surface area contributed by atoms with E-state index in [2.05, 4.69) is 27.7 Å². The van der Waals surface area contributed by atoms with Crippen LogP contribution in [0.5, 0.6) is 0 Å². The molecule has 0 aliphatic rings. The number of rotatable bonds is 30. The molecule has 0 aliphatic heterocycles. The molecule has 0 fully saturated rings. The van der Waals surface area contributed by atoms with Crippen molar-refractivity contribution in [2.45, 2.75) is 188 Å². The molecule has 238 valence electrons. The standard InChI is InChI=1S/C35H68O5/c1-5-32(4)26-22-18-15-16-19-23-27-34(37)39-30-33(29-36)40-35(38)28-24-20-14-12-10-8-6-7-9-11-13-17-21-25-31(2)3/h31-33,36H,5-30H2,1-4H3/t32?,33-/m0/s1. The predicted molar refractivity (Wildman–Crippen MR) is 168 cm³/mol. The second-order valence-electron chi connectivity index (χ2n) is 12.7. The van der Waals surface area contributed by atoms with E-state index in [4.69, 9.17) is 9.47 Å². The summed E-state index contributed by atoms with van der Waals surface area (Å²) in [6.45, 7) is 8.80. The Kier molecular flexibility index (Phi) is 28.6. The molecule has 0 saturated heterocycles. The quantitative estimate of drug-likeness (QED) is 0.0689. The molecule has 0 aliphatic carbocycles. The van der Waals surface area contributed by atoms with Gasteiger partial charge in [-0.15, -0.1) is 0 Å². The Hall–Kier alpha value is -1.10. The third kappa shape index (κ3) is 28.4. The van der Waals surface area contributed by atoms with Crippen molar-refractivity contribution in [2.75, 3.05) is 13.2 Å². The first kappa shape index (κ1) is 38.9. The van der Waals surface area contributed by atoms with Gasteiger partial charge in [-0.2, -0.15) is 0 Å². The maximum atomic E-state index is 12.1. The van der Waals surface area contributed by atoms with Gasteiger partial charge in [0.15, 0.2) is 6.10 Å². The first-order chi connectivity index (χ1) is 19.4. The molecule has 2 atom stereocenters. The van der Waals surface area contributed by atoms with Crippen LogP contribution in [0.2, 0.25) is 0 Å². The van der Waals surface area contributed by atoms with Gasteiger partial charge in [0.05, 0.1) is 6.61 Å². The Morgan fingerprint density at radius 3 is 1.40 bits per heavy atom. The van der Waals surface area contributed by atoms with E-state index in [9.17, 15) is 14.7 Å². The topological polar surface area (TPSA) is 72.8 Å². The van der Waals surface area contributed by atoms with Crippen molar-refractivity contribution >= 4 is 11.9 Å². The van der Waals surface area contributed by atoms with Crippen LogP contribution < -0.4 is 0 Å². The number of carbonyl (C=O) groups is 2. The number of ether oxygens (including phenoxy) is 2. The van der Waals surface area contributed by atoms with Gasteiger partial charge in [0.2, 0.25) is 0 Å². The highest BCUT2D eigenvalue weighted by molar-refractivity contribution is 5.70. The highest BCUT2D eigenvalue weighted by atomic mass is 16.6. The van der Waals surface area contributed by atoms with Crippen LogP contribution in [-0.4, -0.2) is 36.4 Å². The summed E-state index contributed by atoms with van der Waals surface area (Å²) in [6, 6.07) is 0. The van der Waals surface area contributed by atoms with Gasteiger partial charge in [-0.1, -0.05) is 156 Å². The SMILES string of the molecule is CCC(C)CCCCCCCCC(=O)OC[C@H](CO)OC(=O)CCCCCCCCCCCCCCCC(C)C. The van der Waals surface area contributed by atoms with E-state index >= 15 is 0 Å². The lowest BCUT2D eigenvalue weighted by Gasteiger charge is -2.15. The highest BCUT2D eigenvalue weighted by Gasteiger charge is 2.16. The minimum Gasteiger partial charge on any atom is -0.462 e. The zero-order chi connectivity index (χ0) is 29.7. The summed E-state index contributed by atoms with van der Waals surface area (Å²) in [5.74, 6) is 1.09. The van der Waals surface area contributed by atoms with Crippen LogP contribution in [0.1, 0.15) is 182 Å². The molecule has 40 heavy (non-hydrogen) atoms. The fourth-order valence-corrected chi connectivity index (χ4v) is 5.07. The van der Waals surface area contributed by atoms with Crippen molar-refractivity contribution in [1.82, 2.24) is 0 Å². The van der Waals surface area contributed by atoms with Crippen molar-refractivity contribution in [2.24, 2.45) is 11.8 Å². The van der Waals surface area contributed by atoms with E-state index in [0.717, 1.165) is 50.4 Å². The summed E-state index contributed by atoms with van der Waals surface area (Å²) in [5, 5.41) is 9.50. The fourth-order valence-electron chi connectivity index (χ4n) is 5.07. The van der Waals surface area contributed by atoms with Crippen LogP contribution in [0.15, 0.2) is 0 Å². The van der Waals surface area contributed by atoms with E-state index in [1.54, 1.807) is 0 Å². The molecule has 5 nitrogen and oxygen atoms in total. The van der Waals surface area contributed by atoms with E-state index in [-0.39, 0.29) is 25.2 Å². The van der Waals surface area contributed by atoms with Gasteiger partial charge in [0, 0.05) is 12.8 Å². The minimum absolute atomic E-state index is 0.0607. The lowest BCUT2D eigenvalue weighted by Crippen LogP contribution is -2.28. The molecule has 5 heteroatoms. The molecule has 1 unspecified atom stereocenters. The molecule has 0 spiro atoms. The smallest absolute Gasteiger partial charge is 0.306 e. The van der Waals surface area contributed by atoms with Crippen LogP contribution in [0, 0.1) is 11.8 Å². The largest absolute Gasteiger partial charge is 0.462 e. The predicted octanol–water partition coefficient (Wildman–Crippen LogP) is 10.1. The molecular weight excluding hydrogens is 500 g/mol. The molecule has 1 N–H and O–H groups in total. The lowest BCUT2D eigenvalue weighted by atomic mass is 10.00. The van der Waals surface area contributed by atoms with Gasteiger partial charge in [0.1, 0.15) is 6.61 Å². The van der Waals surface area contributed by atoms with Crippen molar-refractivity contribution in [1.29, 1.82) is 0 Å². The molecule has 0 heterocycles. The summed E-state index contributed by atoms with van der Waals surface area (Å²) in [7, 11) is 0. The van der Waals surface area contributed by atoms with E-state index < -0.39 is 6.10 Å². The molecule has 0 aromatic carbocycles. The number of carbonyl (C=O) groups excluding carboxylic acids is 2. The number of hydrogen-bond donors (Lipinski definition) is 1. The number of aliphatic hydroxyl groups excluding tert-OH is 1. The van der Waals surface area contributed by atoms with Gasteiger partial charge < -0.3 is 14.6 Å². The van der Waals surface area contributed by atoms with Crippen LogP contribution >= 0.6 is 0 Å². The molecule has 0 saturated carbocycles. The average Bonchev–Trinajstić information content (AvgIpc) is 2.94. The normalized spacial score (nSPS) is 12.9. The molecule has 0 rings (SSSR count). The van der Waals surface area contributed by atoms with Gasteiger partial charge >= 0.3 is 11.9 Å². The number of esters is 2. The monoisotopic (exact) mass is 569 g/mol. The second-order valence-corrected chi connectivity index (χ2v) is 12.7. The maximum Gasteiger partial charge on any atom is 0.306 e. The molecular formula is C35H68O5. The van der Waals surface area contributed by atoms with Crippen molar-refractivity contribution in [3.8, 4) is 0 Å². The molecule has 0 aromatic heterocycles. The summed E-state index contributed by atoms with van der Waals surface area (Å²) < 4.78 is 10.6. The minimum atomic E-state index is -0.762.